The Morgan fingerprint density at radius 3 is 2.84 bits per heavy atom. The molecule has 4 rings (SSSR count). The second kappa shape index (κ2) is 6.25. The number of Topliss-reactive ketones (excluding diaryl/α,β-unsaturated/α-hetero) is 1. The van der Waals surface area contributed by atoms with Gasteiger partial charge in [-0.3, -0.25) is 14.9 Å². The van der Waals surface area contributed by atoms with Crippen molar-refractivity contribution >= 4 is 39.2 Å². The Morgan fingerprint density at radius 2 is 2.08 bits per heavy atom. The van der Waals surface area contributed by atoms with Crippen molar-refractivity contribution in [2.24, 2.45) is 0 Å². The number of rotatable bonds is 2. The van der Waals surface area contributed by atoms with Gasteiger partial charge >= 0.3 is 0 Å². The van der Waals surface area contributed by atoms with Gasteiger partial charge in [-0.05, 0) is 47.0 Å². The van der Waals surface area contributed by atoms with Gasteiger partial charge in [0.05, 0.1) is 21.4 Å². The molecule has 0 amide bonds. The van der Waals surface area contributed by atoms with Crippen LogP contribution in [0.3, 0.4) is 0 Å². The molecule has 5 nitrogen and oxygen atoms in total. The standard InChI is InChI=1S/C17H14BrFN2O3S/c18-9-6-8(13(21(23)24)7-10(9)19)15-16-11(3-4-14(16)22)20-12-2-1-5-25-17(12)15/h6-7,15,20H,1-5H2. The number of dihydropyridines is 1. The number of thioether (sulfide) groups is 1. The van der Waals surface area contributed by atoms with Gasteiger partial charge in [-0.25, -0.2) is 4.39 Å². The van der Waals surface area contributed by atoms with Crippen LogP contribution in [0.1, 0.15) is 37.2 Å². The molecule has 1 unspecified atom stereocenters. The van der Waals surface area contributed by atoms with E-state index in [0.717, 1.165) is 41.0 Å². The van der Waals surface area contributed by atoms with Crippen molar-refractivity contribution in [3.05, 3.63) is 60.0 Å². The number of nitro groups is 1. The van der Waals surface area contributed by atoms with Gasteiger partial charge in [0.2, 0.25) is 0 Å². The van der Waals surface area contributed by atoms with E-state index in [0.29, 0.717) is 24.0 Å². The third kappa shape index (κ3) is 2.71. The molecular formula is C17H14BrFN2O3S. The van der Waals surface area contributed by atoms with Crippen LogP contribution >= 0.6 is 27.7 Å². The third-order valence-electron chi connectivity index (χ3n) is 4.78. The highest BCUT2D eigenvalue weighted by Crippen LogP contribution is 2.51. The number of carbonyl (C=O) groups is 1. The van der Waals surface area contributed by atoms with Crippen LogP contribution in [0.2, 0.25) is 0 Å². The number of ketones is 1. The van der Waals surface area contributed by atoms with E-state index in [1.54, 1.807) is 11.8 Å². The fraction of sp³-hybridized carbons (Fsp3) is 0.353. The lowest BCUT2D eigenvalue weighted by molar-refractivity contribution is -0.385. The zero-order chi connectivity index (χ0) is 17.7. The highest BCUT2D eigenvalue weighted by Gasteiger charge is 2.41. The molecule has 1 atom stereocenters. The quantitative estimate of drug-likeness (QED) is 0.557. The maximum absolute atomic E-state index is 13.9. The highest BCUT2D eigenvalue weighted by atomic mass is 79.9. The predicted molar refractivity (Wildman–Crippen MR) is 96.6 cm³/mol. The summed E-state index contributed by atoms with van der Waals surface area (Å²) in [7, 11) is 0. The first-order valence-electron chi connectivity index (χ1n) is 8.00. The van der Waals surface area contributed by atoms with E-state index in [-0.39, 0.29) is 15.9 Å². The van der Waals surface area contributed by atoms with E-state index in [4.69, 9.17) is 0 Å². The lowest BCUT2D eigenvalue weighted by atomic mass is 9.84. The van der Waals surface area contributed by atoms with Crippen LogP contribution in [0.4, 0.5) is 10.1 Å². The zero-order valence-corrected chi connectivity index (χ0v) is 15.5. The van der Waals surface area contributed by atoms with Crippen molar-refractivity contribution in [2.75, 3.05) is 5.75 Å². The van der Waals surface area contributed by atoms with Crippen molar-refractivity contribution in [2.45, 2.75) is 31.6 Å². The van der Waals surface area contributed by atoms with Gasteiger partial charge < -0.3 is 5.32 Å². The van der Waals surface area contributed by atoms with Crippen LogP contribution in [-0.4, -0.2) is 16.5 Å². The number of benzene rings is 1. The largest absolute Gasteiger partial charge is 0.361 e. The molecule has 0 bridgehead atoms. The van der Waals surface area contributed by atoms with Crippen molar-refractivity contribution < 1.29 is 14.1 Å². The zero-order valence-electron chi connectivity index (χ0n) is 13.1. The molecule has 0 aromatic heterocycles. The summed E-state index contributed by atoms with van der Waals surface area (Å²) >= 11 is 4.77. The number of hydrogen-bond donors (Lipinski definition) is 1. The molecule has 0 radical (unpaired) electrons. The van der Waals surface area contributed by atoms with E-state index in [2.05, 4.69) is 21.2 Å². The summed E-state index contributed by atoms with van der Waals surface area (Å²) in [6.45, 7) is 0. The molecule has 0 saturated carbocycles. The molecule has 1 N–H and O–H groups in total. The van der Waals surface area contributed by atoms with Crippen molar-refractivity contribution in [1.82, 2.24) is 5.32 Å². The van der Waals surface area contributed by atoms with E-state index >= 15 is 0 Å². The van der Waals surface area contributed by atoms with E-state index in [1.807, 2.05) is 0 Å². The molecular weight excluding hydrogens is 411 g/mol. The van der Waals surface area contributed by atoms with Crippen LogP contribution in [0.25, 0.3) is 0 Å². The predicted octanol–water partition coefficient (Wildman–Crippen LogP) is 4.54. The maximum atomic E-state index is 13.9. The lowest BCUT2D eigenvalue weighted by Gasteiger charge is -2.33. The van der Waals surface area contributed by atoms with Crippen LogP contribution in [-0.2, 0) is 4.79 Å². The number of carbonyl (C=O) groups excluding carboxylic acids is 1. The molecule has 2 aliphatic heterocycles. The topological polar surface area (TPSA) is 72.2 Å². The van der Waals surface area contributed by atoms with Crippen LogP contribution in [0.15, 0.2) is 38.5 Å². The van der Waals surface area contributed by atoms with Gasteiger partial charge in [0, 0.05) is 33.9 Å². The average molecular weight is 425 g/mol. The Bertz CT molecular complexity index is 881. The van der Waals surface area contributed by atoms with Gasteiger partial charge in [0.1, 0.15) is 5.82 Å². The van der Waals surface area contributed by atoms with E-state index < -0.39 is 16.7 Å². The number of nitrogens with zero attached hydrogens (tertiary/aromatic N) is 1. The Hall–Kier alpha value is -1.67. The van der Waals surface area contributed by atoms with Crippen molar-refractivity contribution in [3.8, 4) is 0 Å². The Kier molecular flexibility index (Phi) is 4.19. The Labute approximate surface area is 156 Å². The fourth-order valence-electron chi connectivity index (χ4n) is 3.72. The van der Waals surface area contributed by atoms with E-state index in [9.17, 15) is 19.3 Å². The van der Waals surface area contributed by atoms with Gasteiger partial charge in [0.15, 0.2) is 5.78 Å². The number of halogens is 2. The van der Waals surface area contributed by atoms with Gasteiger partial charge in [-0.1, -0.05) is 0 Å². The molecule has 0 fully saturated rings. The van der Waals surface area contributed by atoms with Crippen LogP contribution in [0, 0.1) is 15.9 Å². The lowest BCUT2D eigenvalue weighted by Crippen LogP contribution is -2.27. The maximum Gasteiger partial charge on any atom is 0.276 e. The second-order valence-electron chi connectivity index (χ2n) is 6.25. The summed E-state index contributed by atoms with van der Waals surface area (Å²) < 4.78 is 14.1. The summed E-state index contributed by atoms with van der Waals surface area (Å²) in [6.07, 6.45) is 2.92. The normalized spacial score (nSPS) is 22.6. The SMILES string of the molecule is O=C1CCC2=C1C(c1cc(Br)c(F)cc1[N+](=O)[O-])C1=C(CCCS1)N2. The minimum Gasteiger partial charge on any atom is -0.361 e. The third-order valence-corrected chi connectivity index (χ3v) is 6.68. The first kappa shape index (κ1) is 16.8. The molecule has 1 aromatic rings. The molecule has 25 heavy (non-hydrogen) atoms. The van der Waals surface area contributed by atoms with Crippen LogP contribution in [0.5, 0.6) is 0 Å². The first-order valence-corrected chi connectivity index (χ1v) is 9.77. The summed E-state index contributed by atoms with van der Waals surface area (Å²) in [5.74, 6) is -0.241. The minimum absolute atomic E-state index is 0.0139. The van der Waals surface area contributed by atoms with Gasteiger partial charge in [0.25, 0.3) is 5.69 Å². The van der Waals surface area contributed by atoms with E-state index in [1.165, 1.54) is 6.07 Å². The molecule has 0 spiro atoms. The molecule has 1 aliphatic carbocycles. The van der Waals surface area contributed by atoms with Gasteiger partial charge in [-0.15, -0.1) is 11.8 Å². The Morgan fingerprint density at radius 1 is 1.28 bits per heavy atom. The summed E-state index contributed by atoms with van der Waals surface area (Å²) in [5.41, 5.74) is 2.62. The molecule has 3 aliphatic rings. The van der Waals surface area contributed by atoms with Crippen molar-refractivity contribution in [1.29, 1.82) is 0 Å². The monoisotopic (exact) mass is 424 g/mol. The summed E-state index contributed by atoms with van der Waals surface area (Å²) in [6, 6.07) is 2.40. The first-order chi connectivity index (χ1) is 12.0. The highest BCUT2D eigenvalue weighted by molar-refractivity contribution is 9.10. The molecule has 2 heterocycles. The second-order valence-corrected chi connectivity index (χ2v) is 8.24. The number of nitrogens with one attached hydrogen (secondary N) is 1. The molecule has 1 aromatic carbocycles. The van der Waals surface area contributed by atoms with Crippen molar-refractivity contribution in [3.63, 3.8) is 0 Å². The van der Waals surface area contributed by atoms with Gasteiger partial charge in [-0.2, -0.15) is 0 Å². The van der Waals surface area contributed by atoms with Crippen LogP contribution < -0.4 is 5.32 Å². The number of allylic oxidation sites excluding steroid dienone is 4. The Balaban J connectivity index is 1.96. The molecule has 130 valence electrons. The summed E-state index contributed by atoms with van der Waals surface area (Å²) in [4.78, 5) is 24.5. The average Bonchev–Trinajstić information content (AvgIpc) is 2.95. The fourth-order valence-corrected chi connectivity index (χ4v) is 5.32. The minimum atomic E-state index is -0.679. The number of hydrogen-bond acceptors (Lipinski definition) is 5. The smallest absolute Gasteiger partial charge is 0.276 e. The number of nitro benzene ring substituents is 1. The summed E-state index contributed by atoms with van der Waals surface area (Å²) in [5, 5.41) is 14.9. The molecule has 8 heteroatoms. The molecule has 0 saturated heterocycles.